The molecule has 0 fully saturated rings. The molecule has 0 radical (unpaired) electrons. The maximum atomic E-state index is 14.1. The van der Waals surface area contributed by atoms with Crippen molar-refractivity contribution in [2.75, 3.05) is 13.2 Å². The highest BCUT2D eigenvalue weighted by Gasteiger charge is 2.32. The average Bonchev–Trinajstić information content (AvgIpc) is 3.00. The SMILES string of the molecule is CCOc1cc(C2C(C#N)=C(N)Oc3cc(OC(=O)COc4ccc(Cl)cc4)ccc32)ccc1OCc1ccccc1F. The summed E-state index contributed by atoms with van der Waals surface area (Å²) < 4.78 is 42.5. The van der Waals surface area contributed by atoms with Crippen LogP contribution in [0.1, 0.15) is 29.5 Å². The number of nitrogens with zero attached hydrogens (tertiary/aromatic N) is 1. The van der Waals surface area contributed by atoms with Crippen LogP contribution < -0.4 is 29.4 Å². The number of nitriles is 1. The van der Waals surface area contributed by atoms with Gasteiger partial charge in [0.1, 0.15) is 41.3 Å². The molecule has 0 aromatic heterocycles. The van der Waals surface area contributed by atoms with Crippen LogP contribution in [0, 0.1) is 17.1 Å². The molecule has 0 saturated heterocycles. The van der Waals surface area contributed by atoms with Crippen LogP contribution in [0.5, 0.6) is 28.7 Å². The molecule has 43 heavy (non-hydrogen) atoms. The zero-order chi connectivity index (χ0) is 30.3. The number of fused-ring (bicyclic) bond motifs is 1. The highest BCUT2D eigenvalue weighted by Crippen LogP contribution is 2.45. The van der Waals surface area contributed by atoms with Crippen molar-refractivity contribution in [2.24, 2.45) is 5.73 Å². The van der Waals surface area contributed by atoms with E-state index in [-0.39, 0.29) is 36.2 Å². The Kier molecular flexibility index (Phi) is 8.99. The summed E-state index contributed by atoms with van der Waals surface area (Å²) in [7, 11) is 0. The Hall–Kier alpha value is -5.20. The van der Waals surface area contributed by atoms with Gasteiger partial charge in [0.15, 0.2) is 18.1 Å². The molecule has 1 heterocycles. The van der Waals surface area contributed by atoms with Gasteiger partial charge in [0.2, 0.25) is 5.88 Å². The number of ether oxygens (including phenoxy) is 5. The molecule has 0 spiro atoms. The summed E-state index contributed by atoms with van der Waals surface area (Å²) in [6.07, 6.45) is 0. The van der Waals surface area contributed by atoms with Crippen molar-refractivity contribution < 1.29 is 32.9 Å². The first kappa shape index (κ1) is 29.3. The van der Waals surface area contributed by atoms with Gasteiger partial charge in [-0.05, 0) is 61.0 Å². The first-order valence-corrected chi connectivity index (χ1v) is 13.7. The Morgan fingerprint density at radius 3 is 2.49 bits per heavy atom. The Bertz CT molecular complexity index is 1720. The van der Waals surface area contributed by atoms with Gasteiger partial charge in [0.25, 0.3) is 0 Å². The van der Waals surface area contributed by atoms with Gasteiger partial charge in [0.05, 0.1) is 12.5 Å². The second-order valence-corrected chi connectivity index (χ2v) is 9.80. The monoisotopic (exact) mass is 600 g/mol. The second kappa shape index (κ2) is 13.2. The van der Waals surface area contributed by atoms with E-state index in [0.717, 1.165) is 0 Å². The molecule has 1 unspecified atom stereocenters. The van der Waals surface area contributed by atoms with Crippen molar-refractivity contribution >= 4 is 17.6 Å². The van der Waals surface area contributed by atoms with Crippen LogP contribution >= 0.6 is 11.6 Å². The molecule has 5 rings (SSSR count). The average molecular weight is 601 g/mol. The third kappa shape index (κ3) is 6.83. The third-order valence-corrected chi connectivity index (χ3v) is 6.79. The van der Waals surface area contributed by atoms with Crippen LogP contribution in [0.25, 0.3) is 0 Å². The minimum atomic E-state index is -0.629. The van der Waals surface area contributed by atoms with Gasteiger partial charge in [-0.1, -0.05) is 41.9 Å². The van der Waals surface area contributed by atoms with Gasteiger partial charge >= 0.3 is 5.97 Å². The highest BCUT2D eigenvalue weighted by molar-refractivity contribution is 6.30. The Morgan fingerprint density at radius 2 is 1.74 bits per heavy atom. The van der Waals surface area contributed by atoms with Crippen LogP contribution in [-0.2, 0) is 11.4 Å². The molecule has 4 aromatic rings. The van der Waals surface area contributed by atoms with E-state index >= 15 is 0 Å². The number of halogens is 2. The number of esters is 1. The van der Waals surface area contributed by atoms with Crippen molar-refractivity contribution in [3.8, 4) is 34.8 Å². The summed E-state index contributed by atoms with van der Waals surface area (Å²) in [5, 5.41) is 10.5. The van der Waals surface area contributed by atoms with Crippen molar-refractivity contribution in [2.45, 2.75) is 19.4 Å². The van der Waals surface area contributed by atoms with Gasteiger partial charge in [-0.2, -0.15) is 5.26 Å². The lowest BCUT2D eigenvalue weighted by Crippen LogP contribution is -2.22. The largest absolute Gasteiger partial charge is 0.490 e. The maximum Gasteiger partial charge on any atom is 0.349 e. The van der Waals surface area contributed by atoms with Crippen LogP contribution in [0.15, 0.2) is 96.4 Å². The van der Waals surface area contributed by atoms with Crippen molar-refractivity contribution in [3.63, 3.8) is 0 Å². The van der Waals surface area contributed by atoms with Gasteiger partial charge in [-0.3, -0.25) is 0 Å². The zero-order valence-electron chi connectivity index (χ0n) is 23.0. The van der Waals surface area contributed by atoms with Crippen LogP contribution in [-0.4, -0.2) is 19.2 Å². The number of allylic oxidation sites excluding steroid dienone is 1. The molecule has 10 heteroatoms. The number of nitrogens with two attached hydrogens (primary N) is 1. The predicted molar refractivity (Wildman–Crippen MR) is 157 cm³/mol. The lowest BCUT2D eigenvalue weighted by Gasteiger charge is -2.27. The highest BCUT2D eigenvalue weighted by atomic mass is 35.5. The quantitative estimate of drug-likeness (QED) is 0.159. The fraction of sp³-hybridized carbons (Fsp3) is 0.152. The Labute approximate surface area is 252 Å². The third-order valence-electron chi connectivity index (χ3n) is 6.53. The number of hydrogen-bond donors (Lipinski definition) is 1. The Morgan fingerprint density at radius 1 is 0.977 bits per heavy atom. The first-order valence-electron chi connectivity index (χ1n) is 13.3. The number of carbonyl (C=O) groups is 1. The molecule has 1 atom stereocenters. The summed E-state index contributed by atoms with van der Waals surface area (Å²) in [6, 6.07) is 25.2. The van der Waals surface area contributed by atoms with E-state index < -0.39 is 11.9 Å². The van der Waals surface area contributed by atoms with Crippen LogP contribution in [0.4, 0.5) is 4.39 Å². The first-order chi connectivity index (χ1) is 20.9. The number of benzene rings is 4. The number of carbonyl (C=O) groups excluding carboxylic acids is 1. The lowest BCUT2D eigenvalue weighted by atomic mass is 9.83. The minimum Gasteiger partial charge on any atom is -0.490 e. The summed E-state index contributed by atoms with van der Waals surface area (Å²) >= 11 is 5.87. The van der Waals surface area contributed by atoms with E-state index in [1.54, 1.807) is 72.8 Å². The summed E-state index contributed by atoms with van der Waals surface area (Å²) in [5.41, 5.74) is 8.09. The van der Waals surface area contributed by atoms with E-state index in [0.29, 0.717) is 51.3 Å². The maximum absolute atomic E-state index is 14.1. The van der Waals surface area contributed by atoms with E-state index in [1.807, 2.05) is 6.92 Å². The van der Waals surface area contributed by atoms with E-state index in [4.69, 9.17) is 41.0 Å². The van der Waals surface area contributed by atoms with Crippen molar-refractivity contribution in [1.29, 1.82) is 5.26 Å². The Balaban J connectivity index is 1.37. The zero-order valence-corrected chi connectivity index (χ0v) is 23.8. The molecule has 218 valence electrons. The van der Waals surface area contributed by atoms with Crippen LogP contribution in [0.2, 0.25) is 5.02 Å². The molecule has 8 nitrogen and oxygen atoms in total. The summed E-state index contributed by atoms with van der Waals surface area (Å²) in [6.45, 7) is 1.87. The van der Waals surface area contributed by atoms with Gasteiger partial charge < -0.3 is 29.4 Å². The minimum absolute atomic E-state index is 0.00866. The molecule has 0 amide bonds. The topological polar surface area (TPSA) is 113 Å². The van der Waals surface area contributed by atoms with Gasteiger partial charge in [0, 0.05) is 22.2 Å². The molecule has 1 aliphatic rings. The molecule has 2 N–H and O–H groups in total. The fourth-order valence-corrected chi connectivity index (χ4v) is 4.66. The molecule has 1 aliphatic heterocycles. The standard InChI is InChI=1S/C33H26ClFN2O6/c1-2-39-30-15-20(7-14-28(30)41-18-21-5-3-4-6-27(21)35)32-25-13-12-24(16-29(25)43-33(37)26(32)17-36)42-31(38)19-40-23-10-8-22(34)9-11-23/h3-16,32H,2,18-19,37H2,1H3. The van der Waals surface area contributed by atoms with E-state index in [1.165, 1.54) is 12.1 Å². The second-order valence-electron chi connectivity index (χ2n) is 9.36. The van der Waals surface area contributed by atoms with Gasteiger partial charge in [-0.25, -0.2) is 9.18 Å². The molecular formula is C33H26ClFN2O6. The summed E-state index contributed by atoms with van der Waals surface area (Å²) in [5.74, 6) is 0.163. The van der Waals surface area contributed by atoms with E-state index in [2.05, 4.69) is 6.07 Å². The molecule has 0 bridgehead atoms. The summed E-state index contributed by atoms with van der Waals surface area (Å²) in [4.78, 5) is 12.4. The normalized spacial score (nSPS) is 13.8. The van der Waals surface area contributed by atoms with Crippen molar-refractivity contribution in [1.82, 2.24) is 0 Å². The molecule has 4 aromatic carbocycles. The van der Waals surface area contributed by atoms with E-state index in [9.17, 15) is 14.4 Å². The molecule has 0 aliphatic carbocycles. The number of hydrogen-bond acceptors (Lipinski definition) is 8. The smallest absolute Gasteiger partial charge is 0.349 e. The number of rotatable bonds is 10. The van der Waals surface area contributed by atoms with Crippen molar-refractivity contribution in [3.05, 3.63) is 124 Å². The van der Waals surface area contributed by atoms with Gasteiger partial charge in [-0.15, -0.1) is 0 Å². The molecular weight excluding hydrogens is 575 g/mol. The predicted octanol–water partition coefficient (Wildman–Crippen LogP) is 6.66. The lowest BCUT2D eigenvalue weighted by molar-refractivity contribution is -0.136. The fourth-order valence-electron chi connectivity index (χ4n) is 4.54. The molecule has 0 saturated carbocycles. The van der Waals surface area contributed by atoms with Crippen LogP contribution in [0.3, 0.4) is 0 Å².